The number of carbonyl (C=O) groups is 3. The van der Waals surface area contributed by atoms with Gasteiger partial charge in [0.15, 0.2) is 0 Å². The third-order valence-corrected chi connectivity index (χ3v) is 4.80. The maximum absolute atomic E-state index is 10.5. The van der Waals surface area contributed by atoms with Crippen LogP contribution in [0.1, 0.15) is 110 Å². The SMILES string of the molecule is CCC(C)CCCC/C=C\CCCCCCC=O.COC(=O)CCCCC=O. The van der Waals surface area contributed by atoms with Crippen LogP contribution < -0.4 is 0 Å². The van der Waals surface area contributed by atoms with E-state index in [1.165, 1.54) is 64.9 Å². The first kappa shape index (κ1) is 28.8. The molecule has 4 heteroatoms. The molecule has 0 fully saturated rings. The molecule has 0 aliphatic carbocycles. The number of allylic oxidation sites excluding steroid dienone is 2. The van der Waals surface area contributed by atoms with Gasteiger partial charge in [-0.15, -0.1) is 0 Å². The Bertz CT molecular complexity index is 377. The minimum atomic E-state index is -0.203. The zero-order chi connectivity index (χ0) is 21.3. The zero-order valence-corrected chi connectivity index (χ0v) is 18.6. The van der Waals surface area contributed by atoms with Crippen molar-refractivity contribution in [2.24, 2.45) is 5.92 Å². The fourth-order valence-electron chi connectivity index (χ4n) is 2.64. The summed E-state index contributed by atoms with van der Waals surface area (Å²) in [7, 11) is 1.36. The molecule has 28 heavy (non-hydrogen) atoms. The number of rotatable bonds is 18. The highest BCUT2D eigenvalue weighted by atomic mass is 16.5. The number of carbonyl (C=O) groups excluding carboxylic acids is 3. The molecule has 0 saturated carbocycles. The van der Waals surface area contributed by atoms with E-state index in [9.17, 15) is 14.4 Å². The lowest BCUT2D eigenvalue weighted by atomic mass is 10.0. The van der Waals surface area contributed by atoms with Crippen molar-refractivity contribution in [2.75, 3.05) is 7.11 Å². The Morgan fingerprint density at radius 1 is 0.786 bits per heavy atom. The molecule has 1 atom stereocenters. The van der Waals surface area contributed by atoms with Gasteiger partial charge < -0.3 is 14.3 Å². The number of ether oxygens (including phenoxy) is 1. The summed E-state index contributed by atoms with van der Waals surface area (Å²) in [5.41, 5.74) is 0. The molecule has 0 aromatic heterocycles. The van der Waals surface area contributed by atoms with Crippen LogP contribution in [-0.4, -0.2) is 25.7 Å². The van der Waals surface area contributed by atoms with Gasteiger partial charge in [0.2, 0.25) is 0 Å². The normalized spacial score (nSPS) is 11.5. The number of hydrogen-bond donors (Lipinski definition) is 0. The fourth-order valence-corrected chi connectivity index (χ4v) is 2.64. The van der Waals surface area contributed by atoms with E-state index in [1.807, 2.05) is 0 Å². The van der Waals surface area contributed by atoms with E-state index < -0.39 is 0 Å². The predicted octanol–water partition coefficient (Wildman–Crippen LogP) is 6.61. The van der Waals surface area contributed by atoms with E-state index in [2.05, 4.69) is 30.7 Å². The second kappa shape index (κ2) is 25.6. The summed E-state index contributed by atoms with van der Waals surface area (Å²) in [5, 5.41) is 0. The van der Waals surface area contributed by atoms with Crippen molar-refractivity contribution in [1.82, 2.24) is 0 Å². The first-order valence-corrected chi connectivity index (χ1v) is 11.2. The Balaban J connectivity index is 0. The van der Waals surface area contributed by atoms with Crippen molar-refractivity contribution in [2.45, 2.75) is 110 Å². The van der Waals surface area contributed by atoms with Crippen molar-refractivity contribution in [3.63, 3.8) is 0 Å². The highest BCUT2D eigenvalue weighted by molar-refractivity contribution is 5.69. The highest BCUT2D eigenvalue weighted by Crippen LogP contribution is 2.12. The van der Waals surface area contributed by atoms with Gasteiger partial charge in [-0.05, 0) is 50.9 Å². The van der Waals surface area contributed by atoms with Gasteiger partial charge in [-0.25, -0.2) is 0 Å². The van der Waals surface area contributed by atoms with E-state index in [0.717, 1.165) is 44.2 Å². The monoisotopic (exact) mass is 396 g/mol. The predicted molar refractivity (Wildman–Crippen MR) is 117 cm³/mol. The molecule has 0 aliphatic heterocycles. The molecule has 0 bridgehead atoms. The largest absolute Gasteiger partial charge is 0.469 e. The van der Waals surface area contributed by atoms with E-state index in [0.29, 0.717) is 12.8 Å². The first-order valence-electron chi connectivity index (χ1n) is 11.2. The van der Waals surface area contributed by atoms with Crippen molar-refractivity contribution >= 4 is 18.5 Å². The molecule has 0 radical (unpaired) electrons. The van der Waals surface area contributed by atoms with E-state index in [-0.39, 0.29) is 5.97 Å². The summed E-state index contributed by atoms with van der Waals surface area (Å²) in [6.07, 6.45) is 22.5. The van der Waals surface area contributed by atoms with Gasteiger partial charge in [-0.3, -0.25) is 4.79 Å². The smallest absolute Gasteiger partial charge is 0.305 e. The summed E-state index contributed by atoms with van der Waals surface area (Å²) >= 11 is 0. The molecule has 0 aromatic rings. The topological polar surface area (TPSA) is 60.4 Å². The van der Waals surface area contributed by atoms with E-state index >= 15 is 0 Å². The van der Waals surface area contributed by atoms with Crippen molar-refractivity contribution in [3.05, 3.63) is 12.2 Å². The Kier molecular flexibility index (Phi) is 26.2. The quantitative estimate of drug-likeness (QED) is 0.113. The molecule has 4 nitrogen and oxygen atoms in total. The van der Waals surface area contributed by atoms with Crippen molar-refractivity contribution in [1.29, 1.82) is 0 Å². The maximum Gasteiger partial charge on any atom is 0.305 e. The van der Waals surface area contributed by atoms with Gasteiger partial charge >= 0.3 is 5.97 Å². The van der Waals surface area contributed by atoms with Crippen LogP contribution in [0.2, 0.25) is 0 Å². The number of unbranched alkanes of at least 4 members (excludes halogenated alkanes) is 9. The Morgan fingerprint density at radius 2 is 1.29 bits per heavy atom. The number of hydrogen-bond acceptors (Lipinski definition) is 4. The number of methoxy groups -OCH3 is 1. The zero-order valence-electron chi connectivity index (χ0n) is 18.6. The third kappa shape index (κ3) is 26.8. The lowest BCUT2D eigenvalue weighted by Gasteiger charge is -2.06. The van der Waals surface area contributed by atoms with Crippen molar-refractivity contribution < 1.29 is 19.1 Å². The second-order valence-corrected chi connectivity index (χ2v) is 7.42. The van der Waals surface area contributed by atoms with Crippen LogP contribution in [0.4, 0.5) is 0 Å². The average molecular weight is 397 g/mol. The standard InChI is InChI=1S/C17H32O.C7H12O3/c1-3-17(2)15-13-11-9-7-5-4-6-8-10-12-14-16-18;1-10-7(9)5-3-2-4-6-8/h5,7,16-17H,3-4,6,8-15H2,1-2H3;6H,2-5H2,1H3/b7-5-;. The van der Waals surface area contributed by atoms with Crippen molar-refractivity contribution in [3.8, 4) is 0 Å². The van der Waals surface area contributed by atoms with Gasteiger partial charge in [0.1, 0.15) is 12.6 Å². The molecule has 0 spiro atoms. The average Bonchev–Trinajstić information content (AvgIpc) is 2.72. The van der Waals surface area contributed by atoms with Gasteiger partial charge in [-0.1, -0.05) is 58.1 Å². The molecule has 0 heterocycles. The molecule has 0 amide bonds. The molecule has 0 aromatic carbocycles. The number of esters is 1. The third-order valence-electron chi connectivity index (χ3n) is 4.80. The fraction of sp³-hybridized carbons (Fsp3) is 0.792. The molecule has 164 valence electrons. The molecule has 0 saturated heterocycles. The molecule has 0 rings (SSSR count). The van der Waals surface area contributed by atoms with Crippen LogP contribution in [0.15, 0.2) is 12.2 Å². The molecular weight excluding hydrogens is 352 g/mol. The van der Waals surface area contributed by atoms with Crippen LogP contribution in [0, 0.1) is 5.92 Å². The maximum atomic E-state index is 10.5. The van der Waals surface area contributed by atoms with Crippen LogP contribution in [0.25, 0.3) is 0 Å². The molecule has 1 unspecified atom stereocenters. The number of aldehydes is 2. The first-order chi connectivity index (χ1) is 13.6. The Labute approximate surface area is 173 Å². The van der Waals surface area contributed by atoms with E-state index in [4.69, 9.17) is 0 Å². The van der Waals surface area contributed by atoms with Crippen LogP contribution in [0.5, 0.6) is 0 Å². The summed E-state index contributed by atoms with van der Waals surface area (Å²) in [6, 6.07) is 0. The summed E-state index contributed by atoms with van der Waals surface area (Å²) in [4.78, 5) is 30.4. The Hall–Kier alpha value is -1.45. The summed E-state index contributed by atoms with van der Waals surface area (Å²) < 4.78 is 4.40. The summed E-state index contributed by atoms with van der Waals surface area (Å²) in [5.74, 6) is 0.700. The lowest BCUT2D eigenvalue weighted by molar-refractivity contribution is -0.140. The second-order valence-electron chi connectivity index (χ2n) is 7.42. The minimum Gasteiger partial charge on any atom is -0.469 e. The van der Waals surface area contributed by atoms with Gasteiger partial charge in [0, 0.05) is 19.3 Å². The van der Waals surface area contributed by atoms with Crippen LogP contribution in [0.3, 0.4) is 0 Å². The van der Waals surface area contributed by atoms with Gasteiger partial charge in [0.05, 0.1) is 7.11 Å². The molecular formula is C24H44O4. The molecule has 0 N–H and O–H groups in total. The van der Waals surface area contributed by atoms with Gasteiger partial charge in [0.25, 0.3) is 0 Å². The highest BCUT2D eigenvalue weighted by Gasteiger charge is 1.98. The van der Waals surface area contributed by atoms with Crippen LogP contribution in [-0.2, 0) is 19.1 Å². The van der Waals surface area contributed by atoms with Crippen LogP contribution >= 0.6 is 0 Å². The summed E-state index contributed by atoms with van der Waals surface area (Å²) in [6.45, 7) is 4.63. The lowest BCUT2D eigenvalue weighted by Crippen LogP contribution is -1.99. The van der Waals surface area contributed by atoms with Gasteiger partial charge in [-0.2, -0.15) is 0 Å². The Morgan fingerprint density at radius 3 is 1.79 bits per heavy atom. The van der Waals surface area contributed by atoms with E-state index in [1.54, 1.807) is 0 Å². The minimum absolute atomic E-state index is 0.203. The molecule has 0 aliphatic rings.